The van der Waals surface area contributed by atoms with E-state index >= 15 is 0 Å². The summed E-state index contributed by atoms with van der Waals surface area (Å²) in [6.07, 6.45) is 2.62. The molecule has 112 valence electrons. The Balaban J connectivity index is 1.80. The van der Waals surface area contributed by atoms with Gasteiger partial charge in [0.25, 0.3) is 0 Å². The van der Waals surface area contributed by atoms with E-state index in [1.165, 1.54) is 16.8 Å². The third-order valence-electron chi connectivity index (χ3n) is 5.38. The van der Waals surface area contributed by atoms with Gasteiger partial charge in [-0.3, -0.25) is 4.79 Å². The average molecular weight is 291 g/mol. The molecule has 1 aliphatic carbocycles. The number of fused-ring (bicyclic) bond motifs is 4. The summed E-state index contributed by atoms with van der Waals surface area (Å²) in [6.45, 7) is 3.24. The van der Waals surface area contributed by atoms with Crippen molar-refractivity contribution in [3.8, 4) is 0 Å². The zero-order chi connectivity index (χ0) is 15.2. The Morgan fingerprint density at radius 3 is 2.64 bits per heavy atom. The highest BCUT2D eigenvalue weighted by atomic mass is 16.1. The first-order valence-electron chi connectivity index (χ1n) is 8.11. The van der Waals surface area contributed by atoms with Gasteiger partial charge in [0.15, 0.2) is 0 Å². The van der Waals surface area contributed by atoms with E-state index in [2.05, 4.69) is 66.4 Å². The van der Waals surface area contributed by atoms with Crippen molar-refractivity contribution >= 4 is 11.5 Å². The van der Waals surface area contributed by atoms with Crippen LogP contribution in [0.4, 0.5) is 5.69 Å². The van der Waals surface area contributed by atoms with E-state index in [9.17, 15) is 4.79 Å². The van der Waals surface area contributed by atoms with Crippen molar-refractivity contribution in [2.75, 3.05) is 4.90 Å². The average Bonchev–Trinajstić information content (AvgIpc) is 2.56. The molecular formula is C20H21NO. The summed E-state index contributed by atoms with van der Waals surface area (Å²) in [4.78, 5) is 14.9. The smallest absolute Gasteiger partial charge is 0.140 e. The zero-order valence-electron chi connectivity index (χ0n) is 13.0. The number of nitrogens with zero attached hydrogens (tertiary/aromatic N) is 1. The lowest BCUT2D eigenvalue weighted by molar-refractivity contribution is -0.123. The number of carbonyl (C=O) groups is 1. The Bertz CT molecular complexity index is 709. The van der Waals surface area contributed by atoms with E-state index in [1.807, 2.05) is 0 Å². The van der Waals surface area contributed by atoms with E-state index in [0.29, 0.717) is 12.2 Å². The van der Waals surface area contributed by atoms with Crippen molar-refractivity contribution < 1.29 is 4.79 Å². The molecule has 0 radical (unpaired) electrons. The molecule has 0 unspecified atom stereocenters. The maximum absolute atomic E-state index is 12.4. The van der Waals surface area contributed by atoms with Crippen LogP contribution < -0.4 is 4.90 Å². The topological polar surface area (TPSA) is 20.3 Å². The zero-order valence-corrected chi connectivity index (χ0v) is 13.0. The van der Waals surface area contributed by atoms with Crippen LogP contribution in [0.1, 0.15) is 43.2 Å². The van der Waals surface area contributed by atoms with E-state index in [0.717, 1.165) is 19.4 Å². The summed E-state index contributed by atoms with van der Waals surface area (Å²) in [5, 5.41) is 0. The Hall–Kier alpha value is -2.09. The molecule has 1 heterocycles. The number of rotatable bonds is 2. The van der Waals surface area contributed by atoms with Gasteiger partial charge in [0.1, 0.15) is 5.78 Å². The van der Waals surface area contributed by atoms with E-state index < -0.39 is 0 Å². The number of hydrogen-bond donors (Lipinski definition) is 0. The molecule has 2 nitrogen and oxygen atoms in total. The van der Waals surface area contributed by atoms with Gasteiger partial charge in [0, 0.05) is 30.1 Å². The monoisotopic (exact) mass is 291 g/mol. The predicted octanol–water partition coefficient (Wildman–Crippen LogP) is 4.30. The maximum Gasteiger partial charge on any atom is 0.140 e. The van der Waals surface area contributed by atoms with E-state index in [4.69, 9.17) is 0 Å². The highest BCUT2D eigenvalue weighted by Gasteiger charge is 2.46. The van der Waals surface area contributed by atoms with Crippen molar-refractivity contribution in [1.82, 2.24) is 0 Å². The van der Waals surface area contributed by atoms with Crippen molar-refractivity contribution in [1.29, 1.82) is 0 Å². The Morgan fingerprint density at radius 1 is 1.09 bits per heavy atom. The Morgan fingerprint density at radius 2 is 1.82 bits per heavy atom. The van der Waals surface area contributed by atoms with Gasteiger partial charge < -0.3 is 4.90 Å². The van der Waals surface area contributed by atoms with Gasteiger partial charge in [-0.1, -0.05) is 48.5 Å². The SMILES string of the molecule is C[C@@]12CCC(=O)[C@@H](C1)c1ccccc1N2Cc1ccccc1. The minimum Gasteiger partial charge on any atom is -0.362 e. The number of anilines is 1. The molecule has 0 saturated heterocycles. The van der Waals surface area contributed by atoms with Crippen LogP contribution in [0.25, 0.3) is 0 Å². The highest BCUT2D eigenvalue weighted by molar-refractivity contribution is 5.90. The molecule has 2 aromatic carbocycles. The third kappa shape index (κ3) is 2.06. The molecular weight excluding hydrogens is 270 g/mol. The minimum absolute atomic E-state index is 0.0861. The fourth-order valence-electron chi connectivity index (χ4n) is 4.11. The largest absolute Gasteiger partial charge is 0.362 e. The van der Waals surface area contributed by atoms with Crippen LogP contribution in [0.3, 0.4) is 0 Å². The molecule has 2 bridgehead atoms. The van der Waals surface area contributed by atoms with Crippen LogP contribution in [0.2, 0.25) is 0 Å². The molecule has 1 saturated carbocycles. The molecule has 0 aromatic heterocycles. The van der Waals surface area contributed by atoms with E-state index in [1.54, 1.807) is 0 Å². The number of Topliss-reactive ketones (excluding diaryl/α,β-unsaturated/α-hetero) is 1. The molecule has 0 amide bonds. The number of benzene rings is 2. The number of ketones is 1. The normalized spacial score (nSPS) is 26.7. The number of para-hydroxylation sites is 1. The second-order valence-corrected chi connectivity index (χ2v) is 6.85. The lowest BCUT2D eigenvalue weighted by Crippen LogP contribution is -2.54. The van der Waals surface area contributed by atoms with Crippen LogP contribution >= 0.6 is 0 Å². The maximum atomic E-state index is 12.4. The fourth-order valence-corrected chi connectivity index (χ4v) is 4.11. The van der Waals surface area contributed by atoms with Crippen LogP contribution in [-0.2, 0) is 11.3 Å². The number of carbonyl (C=O) groups excluding carboxylic acids is 1. The summed E-state index contributed by atoms with van der Waals surface area (Å²) in [6, 6.07) is 19.1. The lowest BCUT2D eigenvalue weighted by Gasteiger charge is -2.52. The van der Waals surface area contributed by atoms with Gasteiger partial charge in [0.2, 0.25) is 0 Å². The summed E-state index contributed by atoms with van der Waals surface area (Å²) in [5.74, 6) is 0.520. The van der Waals surface area contributed by atoms with Gasteiger partial charge in [-0.25, -0.2) is 0 Å². The van der Waals surface area contributed by atoms with Gasteiger partial charge in [0.05, 0.1) is 0 Å². The van der Waals surface area contributed by atoms with Gasteiger partial charge >= 0.3 is 0 Å². The highest BCUT2D eigenvalue weighted by Crippen LogP contribution is 2.49. The van der Waals surface area contributed by atoms with Crippen LogP contribution in [0.5, 0.6) is 0 Å². The second-order valence-electron chi connectivity index (χ2n) is 6.85. The Kier molecular flexibility index (Phi) is 3.07. The molecule has 2 atom stereocenters. The molecule has 1 aliphatic heterocycles. The minimum atomic E-state index is 0.0861. The van der Waals surface area contributed by atoms with Crippen molar-refractivity contribution in [2.45, 2.75) is 44.2 Å². The third-order valence-corrected chi connectivity index (χ3v) is 5.38. The Labute approximate surface area is 131 Å². The van der Waals surface area contributed by atoms with Gasteiger partial charge in [-0.15, -0.1) is 0 Å². The summed E-state index contributed by atoms with van der Waals surface area (Å²) in [7, 11) is 0. The van der Waals surface area contributed by atoms with Crippen molar-refractivity contribution in [2.24, 2.45) is 0 Å². The van der Waals surface area contributed by atoms with Crippen molar-refractivity contribution in [3.63, 3.8) is 0 Å². The first-order valence-corrected chi connectivity index (χ1v) is 8.11. The molecule has 2 heteroatoms. The molecule has 2 aliphatic rings. The van der Waals surface area contributed by atoms with Crippen molar-refractivity contribution in [3.05, 3.63) is 65.7 Å². The fraction of sp³-hybridized carbons (Fsp3) is 0.350. The van der Waals surface area contributed by atoms with Gasteiger partial charge in [-0.05, 0) is 37.0 Å². The summed E-state index contributed by atoms with van der Waals surface area (Å²) >= 11 is 0. The van der Waals surface area contributed by atoms with Gasteiger partial charge in [-0.2, -0.15) is 0 Å². The summed E-state index contributed by atoms with van der Waals surface area (Å²) in [5.41, 5.74) is 3.88. The predicted molar refractivity (Wildman–Crippen MR) is 89.1 cm³/mol. The van der Waals surface area contributed by atoms with Crippen LogP contribution in [-0.4, -0.2) is 11.3 Å². The molecule has 22 heavy (non-hydrogen) atoms. The summed E-state index contributed by atoms with van der Waals surface area (Å²) < 4.78 is 0. The molecule has 2 aromatic rings. The molecule has 4 rings (SSSR count). The number of hydrogen-bond acceptors (Lipinski definition) is 2. The second kappa shape index (κ2) is 4.98. The van der Waals surface area contributed by atoms with E-state index in [-0.39, 0.29) is 11.5 Å². The standard InChI is InChI=1S/C20H21NO/c1-20-12-11-19(22)17(13-20)16-9-5-6-10-18(16)21(20)14-15-7-3-2-4-8-15/h2-10,17H,11-14H2,1H3/t17-,20+/m0/s1. The van der Waals surface area contributed by atoms with Crippen LogP contribution in [0, 0.1) is 0 Å². The lowest BCUT2D eigenvalue weighted by atomic mass is 9.68. The molecule has 0 N–H and O–H groups in total. The molecule has 0 spiro atoms. The quantitative estimate of drug-likeness (QED) is 0.822. The first-order chi connectivity index (χ1) is 10.7. The first kappa shape index (κ1) is 13.6. The van der Waals surface area contributed by atoms with Crippen LogP contribution in [0.15, 0.2) is 54.6 Å². The molecule has 1 fully saturated rings.